The lowest BCUT2D eigenvalue weighted by atomic mass is 10.0. The van der Waals surface area contributed by atoms with E-state index in [1.807, 2.05) is 13.0 Å². The van der Waals surface area contributed by atoms with Crippen molar-refractivity contribution >= 4 is 11.7 Å². The minimum Gasteiger partial charge on any atom is -0.364 e. The quantitative estimate of drug-likeness (QED) is 0.644. The zero-order chi connectivity index (χ0) is 23.2. The lowest BCUT2D eigenvalue weighted by molar-refractivity contribution is -0.141. The highest BCUT2D eigenvalue weighted by Crippen LogP contribution is 2.40. The normalized spacial score (nSPS) is 21.9. The molecule has 1 saturated carbocycles. The van der Waals surface area contributed by atoms with E-state index >= 15 is 0 Å². The zero-order valence-corrected chi connectivity index (χ0v) is 17.6. The van der Waals surface area contributed by atoms with E-state index in [1.54, 1.807) is 29.4 Å². The van der Waals surface area contributed by atoms with Gasteiger partial charge in [-0.3, -0.25) is 4.79 Å². The highest BCUT2D eigenvalue weighted by atomic mass is 19.4. The summed E-state index contributed by atoms with van der Waals surface area (Å²) in [6.07, 6.45) is 2.07. The van der Waals surface area contributed by atoms with Crippen molar-refractivity contribution in [2.24, 2.45) is 5.92 Å². The van der Waals surface area contributed by atoms with Gasteiger partial charge < -0.3 is 10.2 Å². The molecule has 0 aromatic carbocycles. The Hall–Kier alpha value is -3.63. The van der Waals surface area contributed by atoms with Gasteiger partial charge in [0.25, 0.3) is 5.91 Å². The van der Waals surface area contributed by atoms with Gasteiger partial charge in [0.05, 0.1) is 24.0 Å². The van der Waals surface area contributed by atoms with Crippen LogP contribution >= 0.6 is 0 Å². The first-order valence-electron chi connectivity index (χ1n) is 10.5. The maximum atomic E-state index is 13.6. The molecule has 1 aliphatic carbocycles. The van der Waals surface area contributed by atoms with E-state index in [4.69, 9.17) is 0 Å². The number of halogens is 3. The molecule has 2 aliphatic rings. The number of nitrogens with zero attached hydrogens (tertiary/aromatic N) is 6. The molecule has 33 heavy (non-hydrogen) atoms. The van der Waals surface area contributed by atoms with Crippen LogP contribution in [0.5, 0.6) is 0 Å². The average Bonchev–Trinajstić information content (AvgIpc) is 3.39. The number of aryl methyl sites for hydroxylation is 1. The van der Waals surface area contributed by atoms with Gasteiger partial charge in [-0.1, -0.05) is 0 Å². The molecule has 3 aromatic rings. The van der Waals surface area contributed by atoms with Crippen molar-refractivity contribution in [1.29, 1.82) is 0 Å². The predicted molar refractivity (Wildman–Crippen MR) is 112 cm³/mol. The number of pyridine rings is 1. The monoisotopic (exact) mass is 455 g/mol. The van der Waals surface area contributed by atoms with Gasteiger partial charge in [-0.25, -0.2) is 24.9 Å². The maximum absolute atomic E-state index is 13.6. The molecule has 0 spiro atoms. The Labute approximate surface area is 187 Å². The minimum atomic E-state index is -4.54. The Morgan fingerprint density at radius 2 is 1.88 bits per heavy atom. The van der Waals surface area contributed by atoms with E-state index in [0.717, 1.165) is 19.0 Å². The zero-order valence-electron chi connectivity index (χ0n) is 17.6. The molecule has 1 amide bonds. The molecule has 4 heterocycles. The summed E-state index contributed by atoms with van der Waals surface area (Å²) < 4.78 is 38.2. The van der Waals surface area contributed by atoms with Crippen LogP contribution in [0.1, 0.15) is 34.7 Å². The highest BCUT2D eigenvalue weighted by molar-refractivity contribution is 5.98. The van der Waals surface area contributed by atoms with E-state index in [9.17, 15) is 18.0 Å². The first kappa shape index (κ1) is 21.2. The summed E-state index contributed by atoms with van der Waals surface area (Å²) in [5.74, 6) is 0.756. The first-order chi connectivity index (χ1) is 15.8. The van der Waals surface area contributed by atoms with E-state index < -0.39 is 11.9 Å². The molecule has 8 nitrogen and oxygen atoms in total. The van der Waals surface area contributed by atoms with Crippen molar-refractivity contribution in [3.63, 3.8) is 0 Å². The first-order valence-corrected chi connectivity index (χ1v) is 10.5. The minimum absolute atomic E-state index is 0.126. The second-order valence-electron chi connectivity index (χ2n) is 8.32. The van der Waals surface area contributed by atoms with E-state index in [1.165, 1.54) is 0 Å². The van der Waals surface area contributed by atoms with Crippen LogP contribution in [0.15, 0.2) is 43.0 Å². The van der Waals surface area contributed by atoms with Crippen LogP contribution in [0.25, 0.3) is 11.4 Å². The van der Waals surface area contributed by atoms with E-state index in [0.29, 0.717) is 41.4 Å². The lowest BCUT2D eigenvalue weighted by Crippen LogP contribution is -2.48. The van der Waals surface area contributed by atoms with Gasteiger partial charge in [0.15, 0.2) is 11.5 Å². The smallest absolute Gasteiger partial charge is 0.364 e. The number of nitrogens with one attached hydrogen (secondary N) is 1. The molecule has 2 fully saturated rings. The highest BCUT2D eigenvalue weighted by Gasteiger charge is 2.48. The van der Waals surface area contributed by atoms with Crippen LogP contribution in [0.4, 0.5) is 19.0 Å². The number of alkyl halides is 3. The van der Waals surface area contributed by atoms with Crippen LogP contribution in [0, 0.1) is 12.8 Å². The molecule has 1 N–H and O–H groups in total. The van der Waals surface area contributed by atoms with Crippen molar-refractivity contribution in [3.05, 3.63) is 60.1 Å². The third kappa shape index (κ3) is 4.10. The molecule has 3 aromatic heterocycles. The van der Waals surface area contributed by atoms with Crippen molar-refractivity contribution in [2.45, 2.75) is 38.0 Å². The van der Waals surface area contributed by atoms with Crippen LogP contribution in [0.3, 0.4) is 0 Å². The molecule has 1 saturated heterocycles. The second kappa shape index (κ2) is 8.05. The second-order valence-corrected chi connectivity index (χ2v) is 8.32. The van der Waals surface area contributed by atoms with Crippen molar-refractivity contribution in [3.8, 4) is 11.4 Å². The Bertz CT molecular complexity index is 1170. The molecule has 0 radical (unpaired) electrons. The van der Waals surface area contributed by atoms with Gasteiger partial charge >= 0.3 is 6.18 Å². The number of amides is 1. The van der Waals surface area contributed by atoms with Gasteiger partial charge in [-0.15, -0.1) is 0 Å². The number of piperidine rings is 1. The number of hydrogen-bond donors (Lipinski definition) is 1. The van der Waals surface area contributed by atoms with Gasteiger partial charge in [0, 0.05) is 30.7 Å². The summed E-state index contributed by atoms with van der Waals surface area (Å²) in [7, 11) is 0. The summed E-state index contributed by atoms with van der Waals surface area (Å²) in [6.45, 7) is 2.42. The number of fused-ring (bicyclic) bond motifs is 2. The third-order valence-electron chi connectivity index (χ3n) is 6.06. The van der Waals surface area contributed by atoms with Crippen LogP contribution in [0.2, 0.25) is 0 Å². The van der Waals surface area contributed by atoms with Crippen LogP contribution < -0.4 is 5.32 Å². The molecule has 2 unspecified atom stereocenters. The lowest BCUT2D eigenvalue weighted by Gasteiger charge is -2.34. The predicted octanol–water partition coefficient (Wildman–Crippen LogP) is 3.37. The fourth-order valence-corrected chi connectivity index (χ4v) is 4.63. The number of rotatable bonds is 4. The Balaban J connectivity index is 1.37. The number of carbonyl (C=O) groups is 1. The molecule has 2 bridgehead atoms. The maximum Gasteiger partial charge on any atom is 0.434 e. The Morgan fingerprint density at radius 1 is 1.09 bits per heavy atom. The van der Waals surface area contributed by atoms with Gasteiger partial charge in [-0.05, 0) is 43.9 Å². The average molecular weight is 455 g/mol. The fraction of sp³-hybridized carbons (Fsp3) is 0.364. The fourth-order valence-electron chi connectivity index (χ4n) is 4.63. The van der Waals surface area contributed by atoms with Gasteiger partial charge in [0.1, 0.15) is 11.5 Å². The Kier molecular flexibility index (Phi) is 5.18. The molecule has 1 aliphatic heterocycles. The number of likely N-dealkylation sites (tertiary alicyclic amines) is 1. The van der Waals surface area contributed by atoms with Crippen LogP contribution in [-0.4, -0.2) is 54.4 Å². The van der Waals surface area contributed by atoms with Crippen molar-refractivity contribution in [2.75, 3.05) is 11.9 Å². The largest absolute Gasteiger partial charge is 0.434 e. The Morgan fingerprint density at radius 3 is 2.55 bits per heavy atom. The number of aromatic nitrogens is 5. The summed E-state index contributed by atoms with van der Waals surface area (Å²) >= 11 is 0. The molecular weight excluding hydrogens is 435 g/mol. The number of hydrogen-bond acceptors (Lipinski definition) is 7. The molecule has 5 rings (SSSR count). The summed E-state index contributed by atoms with van der Waals surface area (Å²) in [4.78, 5) is 35.7. The topological polar surface area (TPSA) is 96.8 Å². The van der Waals surface area contributed by atoms with E-state index in [2.05, 4.69) is 30.2 Å². The third-order valence-corrected chi connectivity index (χ3v) is 6.06. The summed E-state index contributed by atoms with van der Waals surface area (Å²) in [6, 6.07) is 5.05. The number of anilines is 1. The van der Waals surface area contributed by atoms with Crippen molar-refractivity contribution in [1.82, 2.24) is 29.8 Å². The standard InChI is InChI=1S/C22H20F3N7O/c1-12-3-4-14(20-26-5-2-6-27-20)19(30-12)21(33)32-11-13-7-15(16(32)8-13)31-18-10-28-17(9-29-18)22(23,24)25/h2-6,9-10,13,15-16H,7-8,11H2,1H3,(H,29,31)/t13?,15-,16?/m0/s1. The summed E-state index contributed by atoms with van der Waals surface area (Å²) in [5, 5.41) is 3.16. The van der Waals surface area contributed by atoms with E-state index in [-0.39, 0.29) is 23.8 Å². The molecular formula is C22H20F3N7O. The molecule has 170 valence electrons. The van der Waals surface area contributed by atoms with Gasteiger partial charge in [0.2, 0.25) is 0 Å². The SMILES string of the molecule is Cc1ccc(-c2ncccn2)c(C(=O)N2CC3CC2[C@@H](Nc2cnc(C(F)(F)F)cn2)C3)n1. The van der Waals surface area contributed by atoms with Crippen LogP contribution in [-0.2, 0) is 6.18 Å². The van der Waals surface area contributed by atoms with Crippen molar-refractivity contribution < 1.29 is 18.0 Å². The summed E-state index contributed by atoms with van der Waals surface area (Å²) in [5.41, 5.74) is 0.519. The molecule has 3 atom stereocenters. The van der Waals surface area contributed by atoms with Gasteiger partial charge in [-0.2, -0.15) is 13.2 Å². The number of carbonyl (C=O) groups excluding carboxylic acids is 1. The molecule has 11 heteroatoms.